The third kappa shape index (κ3) is 11.5. The van der Waals surface area contributed by atoms with Crippen LogP contribution in [0.3, 0.4) is 0 Å². The van der Waals surface area contributed by atoms with Crippen LogP contribution in [0.15, 0.2) is 60.7 Å². The van der Waals surface area contributed by atoms with E-state index in [1.165, 1.54) is 56.1 Å². The number of hydrogen-bond donors (Lipinski definition) is 0. The van der Waals surface area contributed by atoms with E-state index < -0.39 is 5.97 Å². The molecule has 0 radical (unpaired) electrons. The molecule has 2 nitrogen and oxygen atoms in total. The quantitative estimate of drug-likeness (QED) is 0.464. The Labute approximate surface area is 159 Å². The molecule has 0 aliphatic heterocycles. The van der Waals surface area contributed by atoms with Crippen molar-refractivity contribution < 1.29 is 9.90 Å². The molecule has 0 unspecified atom stereocenters. The van der Waals surface area contributed by atoms with Crippen molar-refractivity contribution in [3.8, 4) is 11.1 Å². The molecule has 2 aromatic rings. The molecule has 0 spiro atoms. The van der Waals surface area contributed by atoms with Crippen molar-refractivity contribution in [2.75, 3.05) is 0 Å². The van der Waals surface area contributed by atoms with Crippen molar-refractivity contribution in [3.63, 3.8) is 0 Å². The topological polar surface area (TPSA) is 40.1 Å². The van der Waals surface area contributed by atoms with Gasteiger partial charge in [0.25, 0.3) is 0 Å². The Kier molecular flexibility index (Phi) is 12.8. The van der Waals surface area contributed by atoms with Crippen molar-refractivity contribution in [2.45, 2.75) is 71.1 Å². The van der Waals surface area contributed by atoms with Crippen LogP contribution in [-0.4, -0.2) is 5.97 Å². The third-order valence-corrected chi connectivity index (χ3v) is 4.37. The van der Waals surface area contributed by atoms with Gasteiger partial charge in [0.1, 0.15) is 0 Å². The van der Waals surface area contributed by atoms with Gasteiger partial charge in [0.05, 0.1) is 0 Å². The highest BCUT2D eigenvalue weighted by molar-refractivity contribution is 5.64. The molecule has 0 amide bonds. The third-order valence-electron chi connectivity index (χ3n) is 4.37. The van der Waals surface area contributed by atoms with Crippen LogP contribution >= 0.6 is 0 Å². The maximum absolute atomic E-state index is 10.1. The minimum Gasteiger partial charge on any atom is -0.550 e. The molecule has 0 fully saturated rings. The number of carboxylic acids is 1. The standard InChI is InChI=1S/C12H24O2.C12H10/c1-2-3-4-5-6-7-8-9-10-11-12(13)14;1-3-7-11(8-4-1)12-9-5-2-6-10-12/h2-11H2,1H3,(H,13,14);1-10H/p-1. The van der Waals surface area contributed by atoms with Gasteiger partial charge in [0.15, 0.2) is 0 Å². The molecule has 26 heavy (non-hydrogen) atoms. The molecule has 0 saturated carbocycles. The summed E-state index contributed by atoms with van der Waals surface area (Å²) in [6.07, 6.45) is 11.2. The van der Waals surface area contributed by atoms with E-state index in [9.17, 15) is 9.90 Å². The molecule has 0 bridgehead atoms. The molecule has 0 aromatic heterocycles. The smallest absolute Gasteiger partial charge is 0.0414 e. The summed E-state index contributed by atoms with van der Waals surface area (Å²) in [4.78, 5) is 10.1. The van der Waals surface area contributed by atoms with Gasteiger partial charge in [-0.15, -0.1) is 0 Å². The van der Waals surface area contributed by atoms with Crippen molar-refractivity contribution in [3.05, 3.63) is 60.7 Å². The first-order chi connectivity index (χ1) is 12.7. The van der Waals surface area contributed by atoms with Crippen molar-refractivity contribution >= 4 is 5.97 Å². The zero-order valence-corrected chi connectivity index (χ0v) is 16.2. The fourth-order valence-corrected chi connectivity index (χ4v) is 2.84. The fraction of sp³-hybridized carbons (Fsp3) is 0.458. The highest BCUT2D eigenvalue weighted by Crippen LogP contribution is 2.17. The molecule has 2 aromatic carbocycles. The molecule has 0 atom stereocenters. The molecule has 0 aliphatic carbocycles. The average Bonchev–Trinajstić information content (AvgIpc) is 2.68. The number of aliphatic carboxylic acids is 1. The number of carboxylic acid groups (broad SMARTS) is 1. The van der Waals surface area contributed by atoms with Gasteiger partial charge in [0, 0.05) is 5.97 Å². The summed E-state index contributed by atoms with van der Waals surface area (Å²) >= 11 is 0. The van der Waals surface area contributed by atoms with Gasteiger partial charge in [-0.3, -0.25) is 0 Å². The lowest BCUT2D eigenvalue weighted by atomic mass is 10.1. The van der Waals surface area contributed by atoms with Gasteiger partial charge in [-0.05, 0) is 24.0 Å². The Morgan fingerprint density at radius 3 is 1.42 bits per heavy atom. The number of carbonyl (C=O) groups is 1. The number of benzene rings is 2. The monoisotopic (exact) mass is 353 g/mol. The van der Waals surface area contributed by atoms with E-state index in [0.717, 1.165) is 12.8 Å². The predicted octanol–water partition coefficient (Wildman–Crippen LogP) is 6.01. The molecular weight excluding hydrogens is 320 g/mol. The highest BCUT2D eigenvalue weighted by atomic mass is 16.4. The summed E-state index contributed by atoms with van der Waals surface area (Å²) in [5.74, 6) is -0.909. The second-order valence-corrected chi connectivity index (χ2v) is 6.68. The van der Waals surface area contributed by atoms with Crippen molar-refractivity contribution in [1.82, 2.24) is 0 Å². The Hall–Kier alpha value is -2.09. The number of rotatable bonds is 11. The first-order valence-corrected chi connectivity index (χ1v) is 10.0. The molecule has 142 valence electrons. The molecule has 2 rings (SSSR count). The SMILES string of the molecule is CCCCCCCCCCCC(=O)[O-].c1ccc(-c2ccccc2)cc1. The number of carbonyl (C=O) groups excluding carboxylic acids is 1. The molecular formula is C24H33O2-. The Bertz CT molecular complexity index is 526. The number of hydrogen-bond acceptors (Lipinski definition) is 2. The summed E-state index contributed by atoms with van der Waals surface area (Å²) in [7, 11) is 0. The van der Waals surface area contributed by atoms with E-state index >= 15 is 0 Å². The molecule has 0 saturated heterocycles. The van der Waals surface area contributed by atoms with Gasteiger partial charge in [-0.1, -0.05) is 119 Å². The lowest BCUT2D eigenvalue weighted by Crippen LogP contribution is -2.21. The maximum Gasteiger partial charge on any atom is 0.0414 e. The second kappa shape index (κ2) is 15.2. The Morgan fingerprint density at radius 1 is 0.654 bits per heavy atom. The van der Waals surface area contributed by atoms with E-state index in [0.29, 0.717) is 0 Å². The second-order valence-electron chi connectivity index (χ2n) is 6.68. The average molecular weight is 354 g/mol. The van der Waals surface area contributed by atoms with E-state index in [4.69, 9.17) is 0 Å². The molecule has 0 N–H and O–H groups in total. The van der Waals surface area contributed by atoms with Crippen LogP contribution in [0.2, 0.25) is 0 Å². The summed E-state index contributed by atoms with van der Waals surface area (Å²) in [6.45, 7) is 2.22. The number of unbranched alkanes of at least 4 members (excludes halogenated alkanes) is 8. The van der Waals surface area contributed by atoms with Gasteiger partial charge in [0.2, 0.25) is 0 Å². The van der Waals surface area contributed by atoms with Crippen LogP contribution in [0.5, 0.6) is 0 Å². The van der Waals surface area contributed by atoms with Crippen molar-refractivity contribution in [2.24, 2.45) is 0 Å². The molecule has 0 heterocycles. The van der Waals surface area contributed by atoms with E-state index in [2.05, 4.69) is 55.5 Å². The normalized spacial score (nSPS) is 10.0. The van der Waals surface area contributed by atoms with Crippen LogP contribution in [-0.2, 0) is 4.79 Å². The first-order valence-electron chi connectivity index (χ1n) is 10.0. The maximum atomic E-state index is 10.1. The van der Waals surface area contributed by atoms with Crippen LogP contribution in [0.25, 0.3) is 11.1 Å². The first kappa shape index (κ1) is 22.0. The zero-order valence-electron chi connectivity index (χ0n) is 16.2. The van der Waals surface area contributed by atoms with E-state index in [1.807, 2.05) is 12.1 Å². The van der Waals surface area contributed by atoms with Crippen molar-refractivity contribution in [1.29, 1.82) is 0 Å². The summed E-state index contributed by atoms with van der Waals surface area (Å²) in [6, 6.07) is 20.8. The van der Waals surface area contributed by atoms with Crippen LogP contribution in [0, 0.1) is 0 Å². The van der Waals surface area contributed by atoms with Gasteiger partial charge >= 0.3 is 0 Å². The summed E-state index contributed by atoms with van der Waals surface area (Å²) in [5, 5.41) is 10.1. The molecule has 0 aliphatic rings. The minimum atomic E-state index is -0.909. The highest BCUT2D eigenvalue weighted by Gasteiger charge is 1.93. The summed E-state index contributed by atoms with van der Waals surface area (Å²) < 4.78 is 0. The van der Waals surface area contributed by atoms with Crippen LogP contribution < -0.4 is 5.11 Å². The van der Waals surface area contributed by atoms with Crippen LogP contribution in [0.4, 0.5) is 0 Å². The van der Waals surface area contributed by atoms with Gasteiger partial charge in [-0.2, -0.15) is 0 Å². The zero-order chi connectivity index (χ0) is 18.9. The lowest BCUT2D eigenvalue weighted by molar-refractivity contribution is -0.305. The fourth-order valence-electron chi connectivity index (χ4n) is 2.84. The van der Waals surface area contributed by atoms with Crippen LogP contribution in [0.1, 0.15) is 71.1 Å². The Morgan fingerprint density at radius 2 is 1.04 bits per heavy atom. The predicted molar refractivity (Wildman–Crippen MR) is 109 cm³/mol. The molecule has 2 heteroatoms. The lowest BCUT2D eigenvalue weighted by Gasteiger charge is -2.02. The minimum absolute atomic E-state index is 0.232. The largest absolute Gasteiger partial charge is 0.550 e. The van der Waals surface area contributed by atoms with E-state index in [-0.39, 0.29) is 6.42 Å². The summed E-state index contributed by atoms with van der Waals surface area (Å²) in [5.41, 5.74) is 2.55. The van der Waals surface area contributed by atoms with E-state index in [1.54, 1.807) is 0 Å². The Balaban J connectivity index is 0.000000262. The van der Waals surface area contributed by atoms with Gasteiger partial charge in [-0.25, -0.2) is 0 Å². The van der Waals surface area contributed by atoms with Gasteiger partial charge < -0.3 is 9.90 Å².